The average Bonchev–Trinajstić information content (AvgIpc) is 3.21. The molecule has 10 nitrogen and oxygen atoms in total. The van der Waals surface area contributed by atoms with Crippen LogP contribution in [0.15, 0.2) is 46.4 Å². The van der Waals surface area contributed by atoms with Crippen molar-refractivity contribution in [3.8, 4) is 5.75 Å². The third-order valence-corrected chi connectivity index (χ3v) is 7.57. The van der Waals surface area contributed by atoms with Gasteiger partial charge in [-0.05, 0) is 65.8 Å². The van der Waals surface area contributed by atoms with Gasteiger partial charge in [0.15, 0.2) is 0 Å². The Balaban J connectivity index is 1.74. The van der Waals surface area contributed by atoms with E-state index < -0.39 is 38.3 Å². The highest BCUT2D eigenvalue weighted by Crippen LogP contribution is 2.32. The van der Waals surface area contributed by atoms with Crippen LogP contribution in [-0.2, 0) is 14.8 Å². The lowest BCUT2D eigenvalue weighted by molar-refractivity contribution is -0.386. The number of carbonyl (C=O) groups is 1. The summed E-state index contributed by atoms with van der Waals surface area (Å²) < 4.78 is 27.2. The molecule has 0 saturated carbocycles. The highest BCUT2D eigenvalue weighted by Gasteiger charge is 2.39. The second-order valence-electron chi connectivity index (χ2n) is 6.59. The molecule has 0 aromatic heterocycles. The summed E-state index contributed by atoms with van der Waals surface area (Å²) in [5.41, 5.74) is 2.08. The van der Waals surface area contributed by atoms with Crippen LogP contribution in [0.1, 0.15) is 18.4 Å². The minimum Gasteiger partial charge on any atom is -0.501 e. The van der Waals surface area contributed by atoms with Crippen molar-refractivity contribution in [2.24, 2.45) is 5.10 Å². The third-order valence-electron chi connectivity index (χ3n) is 4.58. The fourth-order valence-electron chi connectivity index (χ4n) is 3.10. The molecule has 0 radical (unpaired) electrons. The second-order valence-corrected chi connectivity index (χ2v) is 10.1. The number of benzene rings is 2. The van der Waals surface area contributed by atoms with E-state index in [9.17, 15) is 28.4 Å². The van der Waals surface area contributed by atoms with Crippen molar-refractivity contribution in [3.05, 3.63) is 60.7 Å². The van der Waals surface area contributed by atoms with Gasteiger partial charge in [0.25, 0.3) is 5.91 Å². The first-order valence-electron chi connectivity index (χ1n) is 8.88. The number of hydrogen-bond donors (Lipinski definition) is 2. The predicted octanol–water partition coefficient (Wildman–Crippen LogP) is 2.86. The number of phenolic OH excluding ortho intramolecular Hbond substituents is 1. The molecular formula is C18H16ClIN4O6S. The van der Waals surface area contributed by atoms with Gasteiger partial charge in [-0.3, -0.25) is 14.9 Å². The van der Waals surface area contributed by atoms with Gasteiger partial charge in [-0.15, -0.1) is 0 Å². The molecule has 164 valence electrons. The Morgan fingerprint density at radius 3 is 2.68 bits per heavy atom. The number of nitro groups is 1. The number of nitrogens with zero attached hydrogens (tertiary/aromatic N) is 3. The molecule has 31 heavy (non-hydrogen) atoms. The van der Waals surface area contributed by atoms with Crippen LogP contribution in [0.25, 0.3) is 0 Å². The Kier molecular flexibility index (Phi) is 7.13. The number of hydrazone groups is 1. The molecule has 0 unspecified atom stereocenters. The molecule has 1 fully saturated rings. The van der Waals surface area contributed by atoms with Crippen LogP contribution in [0.2, 0.25) is 5.02 Å². The molecule has 1 saturated heterocycles. The fourth-order valence-corrected chi connectivity index (χ4v) is 5.51. The maximum Gasteiger partial charge on any atom is 0.312 e. The van der Waals surface area contributed by atoms with Crippen LogP contribution in [0.4, 0.5) is 5.69 Å². The smallest absolute Gasteiger partial charge is 0.312 e. The average molecular weight is 579 g/mol. The lowest BCUT2D eigenvalue weighted by Crippen LogP contribution is -2.44. The summed E-state index contributed by atoms with van der Waals surface area (Å²) in [5.74, 6) is -1.07. The van der Waals surface area contributed by atoms with E-state index in [-0.39, 0.29) is 20.6 Å². The van der Waals surface area contributed by atoms with Crippen LogP contribution < -0.4 is 5.43 Å². The van der Waals surface area contributed by atoms with Gasteiger partial charge in [-0.1, -0.05) is 11.6 Å². The molecule has 3 rings (SSSR count). The lowest BCUT2D eigenvalue weighted by atomic mass is 10.2. The van der Waals surface area contributed by atoms with E-state index in [1.54, 1.807) is 22.6 Å². The Hall–Kier alpha value is -2.29. The Bertz CT molecular complexity index is 1160. The van der Waals surface area contributed by atoms with E-state index >= 15 is 0 Å². The number of sulfonamides is 1. The highest BCUT2D eigenvalue weighted by molar-refractivity contribution is 14.1. The number of phenols is 1. The number of aromatic hydroxyl groups is 1. The van der Waals surface area contributed by atoms with Gasteiger partial charge in [0.2, 0.25) is 15.8 Å². The summed E-state index contributed by atoms with van der Waals surface area (Å²) in [5, 5.41) is 24.9. The summed E-state index contributed by atoms with van der Waals surface area (Å²) in [7, 11) is -3.89. The zero-order chi connectivity index (χ0) is 22.8. The molecule has 2 N–H and O–H groups in total. The van der Waals surface area contributed by atoms with Crippen molar-refractivity contribution in [3.63, 3.8) is 0 Å². The van der Waals surface area contributed by atoms with Gasteiger partial charge in [0.05, 0.1) is 19.6 Å². The summed E-state index contributed by atoms with van der Waals surface area (Å²) >= 11 is 7.55. The number of amides is 1. The van der Waals surface area contributed by atoms with Crippen molar-refractivity contribution in [2.45, 2.75) is 23.8 Å². The number of nitro benzene ring substituents is 1. The van der Waals surface area contributed by atoms with Gasteiger partial charge in [-0.2, -0.15) is 9.41 Å². The first-order valence-corrected chi connectivity index (χ1v) is 11.8. The largest absolute Gasteiger partial charge is 0.501 e. The maximum absolute atomic E-state index is 12.9. The van der Waals surface area contributed by atoms with E-state index in [4.69, 9.17) is 11.6 Å². The van der Waals surface area contributed by atoms with E-state index in [2.05, 4.69) is 10.5 Å². The lowest BCUT2D eigenvalue weighted by Gasteiger charge is -2.22. The molecule has 13 heteroatoms. The van der Waals surface area contributed by atoms with Crippen LogP contribution in [0.5, 0.6) is 5.75 Å². The Morgan fingerprint density at radius 1 is 1.35 bits per heavy atom. The predicted molar refractivity (Wildman–Crippen MR) is 122 cm³/mol. The Morgan fingerprint density at radius 2 is 2.03 bits per heavy atom. The first-order chi connectivity index (χ1) is 14.6. The van der Waals surface area contributed by atoms with Crippen LogP contribution >= 0.6 is 34.2 Å². The molecule has 1 atom stereocenters. The SMILES string of the molecule is O=C(N/N=C\c1cc(I)c(O)c([N+](=O)[O-])c1)[C@@H]1CCCN1S(=O)(=O)c1ccc(Cl)cc1. The summed E-state index contributed by atoms with van der Waals surface area (Å²) in [6, 6.07) is 7.30. The van der Waals surface area contributed by atoms with E-state index in [0.717, 1.165) is 10.4 Å². The minimum atomic E-state index is -3.89. The quantitative estimate of drug-likeness (QED) is 0.234. The van der Waals surface area contributed by atoms with Gasteiger partial charge in [0, 0.05) is 23.2 Å². The van der Waals surface area contributed by atoms with Crippen molar-refractivity contribution < 1.29 is 23.2 Å². The standard InChI is InChI=1S/C18H16ClIN4O6S/c19-12-3-5-13(6-4-12)31(29,30)23-7-1-2-15(23)18(26)22-21-10-11-8-14(20)17(25)16(9-11)24(27)28/h3-6,8-10,15,25H,1-2,7H2,(H,22,26)/b21-10-/t15-/m0/s1. The van der Waals surface area contributed by atoms with Crippen molar-refractivity contribution in [2.75, 3.05) is 6.54 Å². The topological polar surface area (TPSA) is 142 Å². The molecular weight excluding hydrogens is 563 g/mol. The van der Waals surface area contributed by atoms with Gasteiger partial charge in [0.1, 0.15) is 6.04 Å². The molecule has 1 aliphatic heterocycles. The first kappa shape index (κ1) is 23.4. The van der Waals surface area contributed by atoms with Gasteiger partial charge >= 0.3 is 5.69 Å². The third kappa shape index (κ3) is 5.14. The number of carbonyl (C=O) groups excluding carboxylic acids is 1. The summed E-state index contributed by atoms with van der Waals surface area (Å²) in [6.07, 6.45) is 2.02. The normalized spacial score (nSPS) is 17.2. The molecule has 1 aliphatic rings. The molecule has 0 spiro atoms. The number of rotatable bonds is 6. The molecule has 0 aliphatic carbocycles. The van der Waals surface area contributed by atoms with Crippen molar-refractivity contribution >= 4 is 62.0 Å². The van der Waals surface area contributed by atoms with E-state index in [0.29, 0.717) is 17.9 Å². The van der Waals surface area contributed by atoms with Crippen molar-refractivity contribution in [1.82, 2.24) is 9.73 Å². The summed E-state index contributed by atoms with van der Waals surface area (Å²) in [6.45, 7) is 0.190. The maximum atomic E-state index is 12.9. The van der Waals surface area contributed by atoms with Crippen molar-refractivity contribution in [1.29, 1.82) is 0 Å². The number of halogens is 2. The van der Waals surface area contributed by atoms with Crippen LogP contribution in [0, 0.1) is 13.7 Å². The second kappa shape index (κ2) is 9.46. The zero-order valence-corrected chi connectivity index (χ0v) is 19.5. The molecule has 0 bridgehead atoms. The molecule has 1 heterocycles. The van der Waals surface area contributed by atoms with Gasteiger partial charge in [-0.25, -0.2) is 13.8 Å². The molecule has 1 amide bonds. The van der Waals surface area contributed by atoms with E-state index in [1.165, 1.54) is 36.5 Å². The van der Waals surface area contributed by atoms with E-state index in [1.807, 2.05) is 0 Å². The van der Waals surface area contributed by atoms with Crippen LogP contribution in [-0.4, -0.2) is 47.5 Å². The fraction of sp³-hybridized carbons (Fsp3) is 0.222. The monoisotopic (exact) mass is 578 g/mol. The number of nitrogens with one attached hydrogen (secondary N) is 1. The molecule has 2 aromatic rings. The summed E-state index contributed by atoms with van der Waals surface area (Å²) in [4.78, 5) is 22.9. The zero-order valence-electron chi connectivity index (χ0n) is 15.7. The minimum absolute atomic E-state index is 0.0334. The Labute approximate surface area is 196 Å². The van der Waals surface area contributed by atoms with Gasteiger partial charge < -0.3 is 5.11 Å². The number of hydrogen-bond acceptors (Lipinski definition) is 7. The molecule has 2 aromatic carbocycles. The highest BCUT2D eigenvalue weighted by atomic mass is 127. The van der Waals surface area contributed by atoms with Crippen LogP contribution in [0.3, 0.4) is 0 Å².